The van der Waals surface area contributed by atoms with Crippen molar-refractivity contribution in [2.75, 3.05) is 19.8 Å². The molecule has 0 N–H and O–H groups in total. The van der Waals surface area contributed by atoms with Crippen LogP contribution in [0.15, 0.2) is 16.7 Å². The molecule has 1 aliphatic heterocycles. The summed E-state index contributed by atoms with van der Waals surface area (Å²) in [7, 11) is 0. The zero-order valence-electron chi connectivity index (χ0n) is 12.6. The van der Waals surface area contributed by atoms with Crippen LogP contribution in [0.1, 0.15) is 25.6 Å². The van der Waals surface area contributed by atoms with E-state index in [0.29, 0.717) is 32.7 Å². The highest BCUT2D eigenvalue weighted by Gasteiger charge is 2.23. The fraction of sp³-hybridized carbons (Fsp3) is 0.533. The first-order valence-electron chi connectivity index (χ1n) is 7.55. The molecule has 0 saturated carbocycles. The number of halogens is 1. The van der Waals surface area contributed by atoms with Crippen molar-refractivity contribution in [2.24, 2.45) is 0 Å². The first-order valence-corrected chi connectivity index (χ1v) is 8.34. The summed E-state index contributed by atoms with van der Waals surface area (Å²) in [5.74, 6) is 1.03. The van der Waals surface area contributed by atoms with E-state index in [9.17, 15) is 4.79 Å². The lowest BCUT2D eigenvalue weighted by molar-refractivity contribution is -0.133. The lowest BCUT2D eigenvalue weighted by Gasteiger charge is -2.27. The van der Waals surface area contributed by atoms with Crippen LogP contribution in [0, 0.1) is 0 Å². The van der Waals surface area contributed by atoms with Gasteiger partial charge in [-0.1, -0.05) is 6.92 Å². The van der Waals surface area contributed by atoms with E-state index in [1.807, 2.05) is 11.0 Å². The quantitative estimate of drug-likeness (QED) is 0.762. The van der Waals surface area contributed by atoms with Crippen molar-refractivity contribution in [3.8, 4) is 0 Å². The Bertz CT molecular complexity index is 685. The molecule has 0 aliphatic carbocycles. The first-order chi connectivity index (χ1) is 10.7. The van der Waals surface area contributed by atoms with Crippen LogP contribution in [-0.4, -0.2) is 45.1 Å². The number of hydrogen-bond acceptors (Lipinski definition) is 4. The molecule has 0 atom stereocenters. The summed E-state index contributed by atoms with van der Waals surface area (Å²) in [6.07, 6.45) is 3.19. The lowest BCUT2D eigenvalue weighted by Crippen LogP contribution is -2.38. The molecule has 0 aromatic carbocycles. The number of carbonyl (C=O) groups excluding carboxylic acids is 1. The summed E-state index contributed by atoms with van der Waals surface area (Å²) >= 11 is 3.41. The van der Waals surface area contributed by atoms with Crippen LogP contribution in [0.4, 0.5) is 0 Å². The topological polar surface area (TPSA) is 60.2 Å². The van der Waals surface area contributed by atoms with Crippen molar-refractivity contribution in [2.45, 2.75) is 32.9 Å². The molecule has 0 radical (unpaired) electrons. The molecular weight excluding hydrogens is 348 g/mol. The average Bonchev–Trinajstić information content (AvgIpc) is 2.87. The van der Waals surface area contributed by atoms with Gasteiger partial charge in [-0.15, -0.1) is 0 Å². The summed E-state index contributed by atoms with van der Waals surface area (Å²) in [4.78, 5) is 23.1. The molecule has 2 aromatic heterocycles. The van der Waals surface area contributed by atoms with E-state index in [4.69, 9.17) is 4.74 Å². The maximum Gasteiger partial charge on any atom is 0.225 e. The van der Waals surface area contributed by atoms with E-state index >= 15 is 0 Å². The van der Waals surface area contributed by atoms with Crippen LogP contribution < -0.4 is 0 Å². The molecule has 0 bridgehead atoms. The Morgan fingerprint density at radius 3 is 3.09 bits per heavy atom. The van der Waals surface area contributed by atoms with Gasteiger partial charge < -0.3 is 14.2 Å². The molecule has 22 heavy (non-hydrogen) atoms. The van der Waals surface area contributed by atoms with Crippen molar-refractivity contribution in [3.63, 3.8) is 0 Å². The number of hydrogen-bond donors (Lipinski definition) is 0. The fourth-order valence-corrected chi connectivity index (χ4v) is 2.96. The number of fused-ring (bicyclic) bond motifs is 3. The Morgan fingerprint density at radius 2 is 2.27 bits per heavy atom. The van der Waals surface area contributed by atoms with E-state index in [1.54, 1.807) is 6.20 Å². The van der Waals surface area contributed by atoms with E-state index in [2.05, 4.69) is 37.4 Å². The standard InChI is InChI=1S/C15H19BrN4O2/c1-2-6-22-7-3-14(21)19-4-5-20-13(10-19)18-12-8-11(16)9-17-15(12)20/h8-9H,2-7,10H2,1H3. The number of aromatic nitrogens is 3. The van der Waals surface area contributed by atoms with Crippen LogP contribution in [0.5, 0.6) is 0 Å². The number of rotatable bonds is 5. The zero-order chi connectivity index (χ0) is 15.5. The van der Waals surface area contributed by atoms with Crippen molar-refractivity contribution in [3.05, 3.63) is 22.6 Å². The number of imidazole rings is 1. The second-order valence-corrected chi connectivity index (χ2v) is 6.27. The predicted molar refractivity (Wildman–Crippen MR) is 86.4 cm³/mol. The molecule has 0 spiro atoms. The molecule has 2 aromatic rings. The molecule has 0 fully saturated rings. The third-order valence-corrected chi connectivity index (χ3v) is 4.15. The summed E-state index contributed by atoms with van der Waals surface area (Å²) in [6.45, 7) is 5.24. The summed E-state index contributed by atoms with van der Waals surface area (Å²) < 4.78 is 8.40. The van der Waals surface area contributed by atoms with Gasteiger partial charge in [0.05, 0.1) is 19.6 Å². The molecule has 7 heteroatoms. The largest absolute Gasteiger partial charge is 0.381 e. The normalized spacial score (nSPS) is 14.4. The van der Waals surface area contributed by atoms with Crippen LogP contribution in [0.25, 0.3) is 11.2 Å². The van der Waals surface area contributed by atoms with Crippen LogP contribution >= 0.6 is 15.9 Å². The minimum Gasteiger partial charge on any atom is -0.381 e. The maximum atomic E-state index is 12.2. The highest BCUT2D eigenvalue weighted by atomic mass is 79.9. The Hall–Kier alpha value is -1.47. The van der Waals surface area contributed by atoms with Gasteiger partial charge in [0.25, 0.3) is 0 Å². The molecule has 1 aliphatic rings. The summed E-state index contributed by atoms with van der Waals surface area (Å²) in [5, 5.41) is 0. The number of amides is 1. The van der Waals surface area contributed by atoms with Crippen molar-refractivity contribution >= 4 is 33.0 Å². The minimum absolute atomic E-state index is 0.128. The molecule has 3 rings (SSSR count). The second kappa shape index (κ2) is 6.75. The van der Waals surface area contributed by atoms with Gasteiger partial charge in [0.1, 0.15) is 11.3 Å². The number of pyridine rings is 1. The third-order valence-electron chi connectivity index (χ3n) is 3.72. The molecule has 118 valence electrons. The van der Waals surface area contributed by atoms with Gasteiger partial charge in [-0.25, -0.2) is 9.97 Å². The van der Waals surface area contributed by atoms with Gasteiger partial charge in [-0.05, 0) is 28.4 Å². The van der Waals surface area contributed by atoms with Gasteiger partial charge in [0.2, 0.25) is 5.91 Å². The number of carbonyl (C=O) groups is 1. The molecule has 6 nitrogen and oxygen atoms in total. The van der Waals surface area contributed by atoms with Gasteiger partial charge in [-0.2, -0.15) is 0 Å². The number of ether oxygens (including phenoxy) is 1. The van der Waals surface area contributed by atoms with Crippen molar-refractivity contribution in [1.82, 2.24) is 19.4 Å². The monoisotopic (exact) mass is 366 g/mol. The average molecular weight is 367 g/mol. The summed E-state index contributed by atoms with van der Waals surface area (Å²) in [5.41, 5.74) is 1.75. The SMILES string of the molecule is CCCOCCC(=O)N1CCn2c(nc3cc(Br)cnc32)C1. The Kier molecular flexibility index (Phi) is 4.73. The van der Waals surface area contributed by atoms with Gasteiger partial charge in [0.15, 0.2) is 5.65 Å². The van der Waals surface area contributed by atoms with Crippen LogP contribution in [0.2, 0.25) is 0 Å². The van der Waals surface area contributed by atoms with Gasteiger partial charge in [0, 0.05) is 30.4 Å². The molecule has 0 saturated heterocycles. The molecular formula is C15H19BrN4O2. The van der Waals surface area contributed by atoms with E-state index < -0.39 is 0 Å². The Labute approximate surface area is 137 Å². The van der Waals surface area contributed by atoms with Crippen LogP contribution in [-0.2, 0) is 22.6 Å². The first kappa shape index (κ1) is 15.4. The Morgan fingerprint density at radius 1 is 1.41 bits per heavy atom. The van der Waals surface area contributed by atoms with Crippen molar-refractivity contribution < 1.29 is 9.53 Å². The summed E-state index contributed by atoms with van der Waals surface area (Å²) in [6, 6.07) is 1.96. The fourth-order valence-electron chi connectivity index (χ4n) is 2.64. The number of nitrogens with zero attached hydrogens (tertiary/aromatic N) is 4. The van der Waals surface area contributed by atoms with E-state index in [0.717, 1.165) is 34.4 Å². The van der Waals surface area contributed by atoms with Crippen molar-refractivity contribution in [1.29, 1.82) is 0 Å². The van der Waals surface area contributed by atoms with Gasteiger partial charge >= 0.3 is 0 Å². The molecule has 1 amide bonds. The highest BCUT2D eigenvalue weighted by Crippen LogP contribution is 2.22. The minimum atomic E-state index is 0.128. The van der Waals surface area contributed by atoms with Gasteiger partial charge in [-0.3, -0.25) is 4.79 Å². The second-order valence-electron chi connectivity index (χ2n) is 5.35. The zero-order valence-corrected chi connectivity index (χ0v) is 14.2. The van der Waals surface area contributed by atoms with E-state index in [-0.39, 0.29) is 5.91 Å². The molecule has 0 unspecified atom stereocenters. The maximum absolute atomic E-state index is 12.2. The van der Waals surface area contributed by atoms with Crippen LogP contribution in [0.3, 0.4) is 0 Å². The molecule has 3 heterocycles. The van der Waals surface area contributed by atoms with E-state index in [1.165, 1.54) is 0 Å². The lowest BCUT2D eigenvalue weighted by atomic mass is 10.3. The third kappa shape index (κ3) is 3.15. The smallest absolute Gasteiger partial charge is 0.225 e. The highest BCUT2D eigenvalue weighted by molar-refractivity contribution is 9.10. The Balaban J connectivity index is 1.68. The predicted octanol–water partition coefficient (Wildman–Crippen LogP) is 2.35.